The molecule has 0 fully saturated rings. The molecule has 23 heavy (non-hydrogen) atoms. The molecule has 0 aliphatic heterocycles. The zero-order valence-electron chi connectivity index (χ0n) is 14.3. The maximum atomic E-state index is 5.92. The summed E-state index contributed by atoms with van der Waals surface area (Å²) in [6.45, 7) is 8.94. The topological polar surface area (TPSA) is 76.4 Å². The molecule has 2 aromatic rings. The molecule has 0 radical (unpaired) electrons. The summed E-state index contributed by atoms with van der Waals surface area (Å²) < 4.78 is 5.24. The van der Waals surface area contributed by atoms with Crippen molar-refractivity contribution in [2.24, 2.45) is 10.7 Å². The number of hydrogen-bond donors (Lipinski definition) is 2. The Morgan fingerprint density at radius 2 is 1.96 bits per heavy atom. The normalized spacial score (nSPS) is 13.3. The fourth-order valence-corrected chi connectivity index (χ4v) is 2.16. The van der Waals surface area contributed by atoms with E-state index in [1.807, 2.05) is 18.2 Å². The molecule has 1 heterocycles. The molecule has 3 N–H and O–H groups in total. The molecule has 1 unspecified atom stereocenters. The van der Waals surface area contributed by atoms with Crippen molar-refractivity contribution in [1.29, 1.82) is 0 Å². The molecule has 0 saturated carbocycles. The maximum Gasteiger partial charge on any atom is 0.193 e. The number of nitrogens with one attached hydrogen (secondary N) is 1. The highest BCUT2D eigenvalue weighted by molar-refractivity contribution is 5.92. The van der Waals surface area contributed by atoms with Gasteiger partial charge in [-0.05, 0) is 36.0 Å². The summed E-state index contributed by atoms with van der Waals surface area (Å²) in [7, 11) is 0. The summed E-state index contributed by atoms with van der Waals surface area (Å²) >= 11 is 0. The molecular formula is C18H26N4O. The van der Waals surface area contributed by atoms with Gasteiger partial charge >= 0.3 is 0 Å². The molecule has 0 aliphatic carbocycles. The third kappa shape index (κ3) is 4.84. The highest BCUT2D eigenvalue weighted by Gasteiger charge is 2.07. The van der Waals surface area contributed by atoms with E-state index in [-0.39, 0.29) is 0 Å². The van der Waals surface area contributed by atoms with E-state index in [1.54, 1.807) is 0 Å². The van der Waals surface area contributed by atoms with E-state index in [0.717, 1.165) is 17.8 Å². The van der Waals surface area contributed by atoms with Crippen LogP contribution in [0.2, 0.25) is 0 Å². The van der Waals surface area contributed by atoms with Crippen molar-refractivity contribution in [3.05, 3.63) is 47.3 Å². The lowest BCUT2D eigenvalue weighted by Gasteiger charge is -2.10. The molecule has 1 atom stereocenters. The van der Waals surface area contributed by atoms with E-state index in [9.17, 15) is 0 Å². The number of nitrogens with zero attached hydrogens (tertiary/aromatic N) is 2. The smallest absolute Gasteiger partial charge is 0.193 e. The zero-order valence-corrected chi connectivity index (χ0v) is 14.3. The highest BCUT2D eigenvalue weighted by atomic mass is 16.5. The molecular weight excluding hydrogens is 288 g/mol. The van der Waals surface area contributed by atoms with Crippen LogP contribution in [-0.4, -0.2) is 11.1 Å². The average molecular weight is 314 g/mol. The van der Waals surface area contributed by atoms with Crippen molar-refractivity contribution in [3.63, 3.8) is 0 Å². The predicted molar refractivity (Wildman–Crippen MR) is 94.7 cm³/mol. The molecule has 0 saturated heterocycles. The maximum absolute atomic E-state index is 5.92. The van der Waals surface area contributed by atoms with Gasteiger partial charge in [-0.2, -0.15) is 0 Å². The minimum Gasteiger partial charge on any atom is -0.370 e. The number of nitrogens with two attached hydrogens (primary N) is 1. The molecule has 5 heteroatoms. The van der Waals surface area contributed by atoms with E-state index < -0.39 is 0 Å². The van der Waals surface area contributed by atoms with E-state index in [1.165, 1.54) is 5.56 Å². The van der Waals surface area contributed by atoms with Crippen molar-refractivity contribution in [2.75, 3.05) is 5.32 Å². The Kier molecular flexibility index (Phi) is 5.79. The van der Waals surface area contributed by atoms with Crippen LogP contribution in [0.3, 0.4) is 0 Å². The van der Waals surface area contributed by atoms with Gasteiger partial charge in [-0.1, -0.05) is 45.0 Å². The van der Waals surface area contributed by atoms with Gasteiger partial charge in [-0.15, -0.1) is 0 Å². The van der Waals surface area contributed by atoms with Crippen LogP contribution in [-0.2, 0) is 6.54 Å². The van der Waals surface area contributed by atoms with Crippen LogP contribution in [0.15, 0.2) is 39.8 Å². The summed E-state index contributed by atoms with van der Waals surface area (Å²) in [4.78, 5) is 4.29. The number of hydrogen-bond acceptors (Lipinski definition) is 3. The van der Waals surface area contributed by atoms with Crippen LogP contribution >= 0.6 is 0 Å². The Morgan fingerprint density at radius 1 is 1.26 bits per heavy atom. The first-order valence-electron chi connectivity index (χ1n) is 8.12. The minimum absolute atomic E-state index is 0.343. The van der Waals surface area contributed by atoms with Crippen LogP contribution in [0.4, 0.5) is 5.69 Å². The number of anilines is 1. The molecule has 2 rings (SSSR count). The second kappa shape index (κ2) is 7.81. The lowest BCUT2D eigenvalue weighted by Crippen LogP contribution is -2.22. The molecule has 0 amide bonds. The van der Waals surface area contributed by atoms with Gasteiger partial charge in [0.25, 0.3) is 0 Å². The van der Waals surface area contributed by atoms with Crippen molar-refractivity contribution in [2.45, 2.75) is 52.5 Å². The highest BCUT2D eigenvalue weighted by Crippen LogP contribution is 2.20. The Hall–Kier alpha value is -2.30. The minimum atomic E-state index is 0.343. The summed E-state index contributed by atoms with van der Waals surface area (Å²) in [5, 5.41) is 7.10. The summed E-state index contributed by atoms with van der Waals surface area (Å²) in [5.74, 6) is 1.99. The second-order valence-electron chi connectivity index (χ2n) is 6.13. The molecule has 1 aromatic heterocycles. The van der Waals surface area contributed by atoms with E-state index in [2.05, 4.69) is 55.3 Å². The number of benzene rings is 1. The Bertz CT molecular complexity index is 643. The average Bonchev–Trinajstić information content (AvgIpc) is 3.02. The van der Waals surface area contributed by atoms with Crippen molar-refractivity contribution < 1.29 is 4.52 Å². The van der Waals surface area contributed by atoms with E-state index >= 15 is 0 Å². The summed E-state index contributed by atoms with van der Waals surface area (Å²) in [6.07, 6.45) is 1.13. The number of aliphatic imine (C=N–C) groups is 1. The lowest BCUT2D eigenvalue weighted by molar-refractivity contribution is 0.376. The fourth-order valence-electron chi connectivity index (χ4n) is 2.16. The van der Waals surface area contributed by atoms with Crippen molar-refractivity contribution >= 4 is 11.6 Å². The van der Waals surface area contributed by atoms with Crippen molar-refractivity contribution in [3.8, 4) is 0 Å². The van der Waals surface area contributed by atoms with Gasteiger partial charge in [-0.25, -0.2) is 4.99 Å². The monoisotopic (exact) mass is 314 g/mol. The van der Waals surface area contributed by atoms with Gasteiger partial charge in [0.15, 0.2) is 11.7 Å². The first kappa shape index (κ1) is 17.1. The first-order chi connectivity index (χ1) is 11.0. The van der Waals surface area contributed by atoms with Gasteiger partial charge < -0.3 is 15.6 Å². The molecule has 1 aromatic carbocycles. The fraction of sp³-hybridized carbons (Fsp3) is 0.444. The zero-order chi connectivity index (χ0) is 16.8. The van der Waals surface area contributed by atoms with Gasteiger partial charge in [0.1, 0.15) is 6.54 Å². The standard InChI is InChI=1S/C18H26N4O/c1-5-13(4)14-6-8-15(9-7-14)21-18(19)20-11-16-10-17(12(2)3)22-23-16/h6-10,12-13H,5,11H2,1-4H3,(H3,19,20,21). The number of guanidine groups is 1. The number of rotatable bonds is 6. The van der Waals surface area contributed by atoms with Gasteiger partial charge in [0.2, 0.25) is 0 Å². The quantitative estimate of drug-likeness (QED) is 0.617. The van der Waals surface area contributed by atoms with Crippen LogP contribution < -0.4 is 11.1 Å². The predicted octanol–water partition coefficient (Wildman–Crippen LogP) is 4.24. The van der Waals surface area contributed by atoms with Crippen LogP contribution in [0, 0.1) is 0 Å². The van der Waals surface area contributed by atoms with Crippen LogP contribution in [0.25, 0.3) is 0 Å². The van der Waals surface area contributed by atoms with Gasteiger partial charge in [0, 0.05) is 11.8 Å². The van der Waals surface area contributed by atoms with Crippen LogP contribution in [0.5, 0.6) is 0 Å². The molecule has 0 bridgehead atoms. The molecule has 0 aliphatic rings. The first-order valence-corrected chi connectivity index (χ1v) is 8.12. The Morgan fingerprint density at radius 3 is 2.52 bits per heavy atom. The van der Waals surface area contributed by atoms with E-state index in [0.29, 0.717) is 30.1 Å². The third-order valence-corrected chi connectivity index (χ3v) is 3.94. The third-order valence-electron chi connectivity index (χ3n) is 3.94. The molecule has 0 spiro atoms. The molecule has 124 valence electrons. The lowest BCUT2D eigenvalue weighted by atomic mass is 9.99. The van der Waals surface area contributed by atoms with Crippen molar-refractivity contribution in [1.82, 2.24) is 5.16 Å². The SMILES string of the molecule is CCC(C)c1ccc(NC(N)=NCc2cc(C(C)C)no2)cc1. The van der Waals surface area contributed by atoms with Crippen LogP contribution in [0.1, 0.15) is 63.0 Å². The number of aromatic nitrogens is 1. The Labute approximate surface area is 138 Å². The molecule has 5 nitrogen and oxygen atoms in total. The van der Waals surface area contributed by atoms with Gasteiger partial charge in [0.05, 0.1) is 5.69 Å². The van der Waals surface area contributed by atoms with Gasteiger partial charge in [-0.3, -0.25) is 0 Å². The second-order valence-corrected chi connectivity index (χ2v) is 6.13. The largest absolute Gasteiger partial charge is 0.370 e. The Balaban J connectivity index is 1.93. The van der Waals surface area contributed by atoms with E-state index in [4.69, 9.17) is 10.3 Å². The summed E-state index contributed by atoms with van der Waals surface area (Å²) in [5.41, 5.74) is 9.11. The summed E-state index contributed by atoms with van der Waals surface area (Å²) in [6, 6.07) is 10.2.